The van der Waals surface area contributed by atoms with Crippen LogP contribution in [0.1, 0.15) is 37.8 Å². The van der Waals surface area contributed by atoms with Gasteiger partial charge in [-0.3, -0.25) is 4.79 Å². The lowest BCUT2D eigenvalue weighted by atomic mass is 10.0. The number of nitrogens with zero attached hydrogens (tertiary/aromatic N) is 2. The van der Waals surface area contributed by atoms with E-state index in [9.17, 15) is 4.79 Å². The summed E-state index contributed by atoms with van der Waals surface area (Å²) in [7, 11) is 0. The third kappa shape index (κ3) is 4.82. The maximum absolute atomic E-state index is 12.1. The van der Waals surface area contributed by atoms with Gasteiger partial charge in [-0.15, -0.1) is 12.4 Å². The predicted molar refractivity (Wildman–Crippen MR) is 97.6 cm³/mol. The molecule has 0 bridgehead atoms. The first-order valence-electron chi connectivity index (χ1n) is 8.32. The predicted octanol–water partition coefficient (Wildman–Crippen LogP) is 2.86. The quantitative estimate of drug-likeness (QED) is 0.844. The number of rotatable bonds is 6. The highest BCUT2D eigenvalue weighted by Crippen LogP contribution is 2.18. The highest BCUT2D eigenvalue weighted by Gasteiger charge is 2.17. The van der Waals surface area contributed by atoms with Crippen LogP contribution in [-0.4, -0.2) is 28.8 Å². The van der Waals surface area contributed by atoms with Crippen molar-refractivity contribution in [2.75, 3.05) is 13.1 Å². The second-order valence-electron chi connectivity index (χ2n) is 6.23. The minimum Gasteiger partial charge on any atom is -0.350 e. The number of halogens is 1. The molecular weight excluding hydrogens is 324 g/mol. The zero-order chi connectivity index (χ0) is 16.1. The number of hydrogen-bond donors (Lipinski definition) is 2. The SMILES string of the molecule is CC(NC(=O)CCC1CCNC1)c1cccc(-n2cccn2)c1.Cl. The molecule has 1 aliphatic rings. The summed E-state index contributed by atoms with van der Waals surface area (Å²) < 4.78 is 1.82. The summed E-state index contributed by atoms with van der Waals surface area (Å²) in [6, 6.07) is 10.0. The van der Waals surface area contributed by atoms with Crippen molar-refractivity contribution in [2.45, 2.75) is 32.2 Å². The number of amides is 1. The smallest absolute Gasteiger partial charge is 0.220 e. The summed E-state index contributed by atoms with van der Waals surface area (Å²) in [5, 5.41) is 10.7. The van der Waals surface area contributed by atoms with Gasteiger partial charge in [0.25, 0.3) is 0 Å². The molecule has 2 heterocycles. The molecule has 1 aromatic carbocycles. The van der Waals surface area contributed by atoms with Crippen LogP contribution in [0.2, 0.25) is 0 Å². The first-order valence-corrected chi connectivity index (χ1v) is 8.32. The molecule has 5 nitrogen and oxygen atoms in total. The normalized spacial score (nSPS) is 18.0. The molecule has 2 atom stereocenters. The van der Waals surface area contributed by atoms with E-state index in [4.69, 9.17) is 0 Å². The van der Waals surface area contributed by atoms with E-state index in [0.29, 0.717) is 12.3 Å². The van der Waals surface area contributed by atoms with Gasteiger partial charge >= 0.3 is 0 Å². The fourth-order valence-electron chi connectivity index (χ4n) is 3.05. The molecule has 2 aromatic rings. The highest BCUT2D eigenvalue weighted by molar-refractivity contribution is 5.85. The lowest BCUT2D eigenvalue weighted by Gasteiger charge is -2.16. The molecule has 3 rings (SSSR count). The van der Waals surface area contributed by atoms with E-state index < -0.39 is 0 Å². The summed E-state index contributed by atoms with van der Waals surface area (Å²) in [6.07, 6.45) is 6.44. The summed E-state index contributed by atoms with van der Waals surface area (Å²) in [6.45, 7) is 4.16. The van der Waals surface area contributed by atoms with E-state index >= 15 is 0 Å². The Labute approximate surface area is 149 Å². The van der Waals surface area contributed by atoms with Gasteiger partial charge in [0.15, 0.2) is 0 Å². The zero-order valence-electron chi connectivity index (χ0n) is 13.9. The minimum absolute atomic E-state index is 0. The molecule has 0 spiro atoms. The van der Waals surface area contributed by atoms with Crippen LogP contribution < -0.4 is 10.6 Å². The van der Waals surface area contributed by atoms with Crippen molar-refractivity contribution >= 4 is 18.3 Å². The van der Waals surface area contributed by atoms with Crippen LogP contribution in [0.15, 0.2) is 42.7 Å². The summed E-state index contributed by atoms with van der Waals surface area (Å²) in [5.74, 6) is 0.785. The average molecular weight is 349 g/mol. The second-order valence-corrected chi connectivity index (χ2v) is 6.23. The van der Waals surface area contributed by atoms with Crippen molar-refractivity contribution in [3.8, 4) is 5.69 Å². The molecule has 1 aliphatic heterocycles. The maximum Gasteiger partial charge on any atom is 0.220 e. The number of benzene rings is 1. The van der Waals surface area contributed by atoms with Crippen molar-refractivity contribution in [1.82, 2.24) is 20.4 Å². The van der Waals surface area contributed by atoms with Gasteiger partial charge in [-0.05, 0) is 62.5 Å². The van der Waals surface area contributed by atoms with Gasteiger partial charge in [0, 0.05) is 18.8 Å². The van der Waals surface area contributed by atoms with E-state index in [2.05, 4.69) is 21.8 Å². The Hall–Kier alpha value is -1.85. The molecule has 0 saturated carbocycles. The Bertz CT molecular complexity index is 638. The Balaban J connectivity index is 0.00000208. The molecule has 2 unspecified atom stereocenters. The third-order valence-electron chi connectivity index (χ3n) is 4.46. The summed E-state index contributed by atoms with van der Waals surface area (Å²) >= 11 is 0. The highest BCUT2D eigenvalue weighted by atomic mass is 35.5. The number of hydrogen-bond acceptors (Lipinski definition) is 3. The number of carbonyl (C=O) groups is 1. The Kier molecular flexibility index (Phi) is 6.82. The fraction of sp³-hybridized carbons (Fsp3) is 0.444. The Morgan fingerprint density at radius 2 is 2.33 bits per heavy atom. The molecule has 1 amide bonds. The van der Waals surface area contributed by atoms with E-state index in [1.54, 1.807) is 6.20 Å². The number of aromatic nitrogens is 2. The Morgan fingerprint density at radius 1 is 1.46 bits per heavy atom. The van der Waals surface area contributed by atoms with E-state index in [-0.39, 0.29) is 24.4 Å². The fourth-order valence-corrected chi connectivity index (χ4v) is 3.05. The van der Waals surface area contributed by atoms with Gasteiger partial charge in [0.2, 0.25) is 5.91 Å². The van der Waals surface area contributed by atoms with Crippen molar-refractivity contribution < 1.29 is 4.79 Å². The van der Waals surface area contributed by atoms with Gasteiger partial charge in [-0.1, -0.05) is 12.1 Å². The van der Waals surface area contributed by atoms with Crippen LogP contribution in [0.3, 0.4) is 0 Å². The van der Waals surface area contributed by atoms with E-state index in [1.807, 2.05) is 42.1 Å². The molecule has 1 saturated heterocycles. The zero-order valence-corrected chi connectivity index (χ0v) is 14.8. The summed E-state index contributed by atoms with van der Waals surface area (Å²) in [5.41, 5.74) is 2.10. The van der Waals surface area contributed by atoms with Gasteiger partial charge in [-0.2, -0.15) is 5.10 Å². The van der Waals surface area contributed by atoms with Crippen molar-refractivity contribution in [3.63, 3.8) is 0 Å². The first kappa shape index (κ1) is 18.5. The van der Waals surface area contributed by atoms with Crippen LogP contribution in [0.5, 0.6) is 0 Å². The molecule has 2 N–H and O–H groups in total. The molecular formula is C18H25ClN4O. The van der Waals surface area contributed by atoms with Crippen LogP contribution in [0.25, 0.3) is 5.69 Å². The molecule has 1 fully saturated rings. The molecule has 6 heteroatoms. The lowest BCUT2D eigenvalue weighted by Crippen LogP contribution is -2.27. The van der Waals surface area contributed by atoms with E-state index in [1.165, 1.54) is 6.42 Å². The first-order chi connectivity index (χ1) is 11.2. The summed E-state index contributed by atoms with van der Waals surface area (Å²) in [4.78, 5) is 12.1. The minimum atomic E-state index is -0.000264. The van der Waals surface area contributed by atoms with Gasteiger partial charge in [0.1, 0.15) is 0 Å². The molecule has 0 aliphatic carbocycles. The molecule has 130 valence electrons. The van der Waals surface area contributed by atoms with Gasteiger partial charge in [-0.25, -0.2) is 4.68 Å². The third-order valence-corrected chi connectivity index (χ3v) is 4.46. The monoisotopic (exact) mass is 348 g/mol. The van der Waals surface area contributed by atoms with Crippen molar-refractivity contribution in [2.24, 2.45) is 5.92 Å². The van der Waals surface area contributed by atoms with Crippen LogP contribution in [-0.2, 0) is 4.79 Å². The van der Waals surface area contributed by atoms with Crippen LogP contribution in [0.4, 0.5) is 0 Å². The molecule has 1 aromatic heterocycles. The van der Waals surface area contributed by atoms with E-state index in [0.717, 1.165) is 30.8 Å². The maximum atomic E-state index is 12.1. The standard InChI is InChI=1S/C18H24N4O.ClH/c1-14(21-18(23)7-6-15-8-10-19-13-15)16-4-2-5-17(12-16)22-11-3-9-20-22;/h2-5,9,11-12,14-15,19H,6-8,10,13H2,1H3,(H,21,23);1H. The van der Waals surface area contributed by atoms with Crippen molar-refractivity contribution in [1.29, 1.82) is 0 Å². The van der Waals surface area contributed by atoms with Crippen molar-refractivity contribution in [3.05, 3.63) is 48.3 Å². The van der Waals surface area contributed by atoms with Gasteiger partial charge < -0.3 is 10.6 Å². The van der Waals surface area contributed by atoms with Crippen LogP contribution in [0, 0.1) is 5.92 Å². The van der Waals surface area contributed by atoms with Crippen LogP contribution >= 0.6 is 12.4 Å². The largest absolute Gasteiger partial charge is 0.350 e. The number of nitrogens with one attached hydrogen (secondary N) is 2. The lowest BCUT2D eigenvalue weighted by molar-refractivity contribution is -0.122. The van der Waals surface area contributed by atoms with Gasteiger partial charge in [0.05, 0.1) is 11.7 Å². The molecule has 0 radical (unpaired) electrons. The second kappa shape index (κ2) is 8.85. The average Bonchev–Trinajstić information content (AvgIpc) is 3.26. The molecule has 24 heavy (non-hydrogen) atoms. The Morgan fingerprint density at radius 3 is 3.04 bits per heavy atom. The topological polar surface area (TPSA) is 59.0 Å². The number of carbonyl (C=O) groups excluding carboxylic acids is 1.